The van der Waals surface area contributed by atoms with Gasteiger partial charge in [-0.25, -0.2) is 0 Å². The van der Waals surface area contributed by atoms with Crippen molar-refractivity contribution in [1.29, 1.82) is 0 Å². The van der Waals surface area contributed by atoms with Crippen molar-refractivity contribution in [3.05, 3.63) is 23.8 Å². The molecule has 0 bridgehead atoms. The number of amides is 2. The average molecular weight is 251 g/mol. The summed E-state index contributed by atoms with van der Waals surface area (Å²) < 4.78 is 5.00. The van der Waals surface area contributed by atoms with Crippen LogP contribution in [-0.2, 0) is 4.79 Å². The first kappa shape index (κ1) is 13.8. The van der Waals surface area contributed by atoms with E-state index in [4.69, 9.17) is 16.2 Å². The van der Waals surface area contributed by atoms with Gasteiger partial charge >= 0.3 is 0 Å². The Bertz CT molecular complexity index is 460. The molecule has 6 nitrogen and oxygen atoms in total. The van der Waals surface area contributed by atoms with Crippen LogP contribution in [0.1, 0.15) is 23.7 Å². The Morgan fingerprint density at radius 1 is 1.44 bits per heavy atom. The minimum Gasteiger partial charge on any atom is -0.495 e. The second kappa shape index (κ2) is 5.90. The van der Waals surface area contributed by atoms with Gasteiger partial charge in [-0.2, -0.15) is 0 Å². The molecule has 98 valence electrons. The quantitative estimate of drug-likeness (QED) is 0.653. The van der Waals surface area contributed by atoms with Gasteiger partial charge in [0.15, 0.2) is 0 Å². The van der Waals surface area contributed by atoms with Gasteiger partial charge in [-0.3, -0.25) is 9.59 Å². The summed E-state index contributed by atoms with van der Waals surface area (Å²) in [5.74, 6) is -0.258. The molecule has 1 aromatic carbocycles. The van der Waals surface area contributed by atoms with E-state index in [2.05, 4.69) is 5.32 Å². The number of benzene rings is 1. The first-order valence-electron chi connectivity index (χ1n) is 5.46. The lowest BCUT2D eigenvalue weighted by Crippen LogP contribution is -2.35. The van der Waals surface area contributed by atoms with Gasteiger partial charge in [-0.05, 0) is 25.1 Å². The van der Waals surface area contributed by atoms with E-state index in [0.29, 0.717) is 17.0 Å². The Labute approximate surface area is 105 Å². The van der Waals surface area contributed by atoms with Gasteiger partial charge in [-0.1, -0.05) is 0 Å². The third-order valence-electron chi connectivity index (χ3n) is 2.38. The first-order chi connectivity index (χ1) is 8.43. The lowest BCUT2D eigenvalue weighted by molar-refractivity contribution is -0.118. The lowest BCUT2D eigenvalue weighted by Gasteiger charge is -2.13. The molecular formula is C12H17N3O3. The first-order valence-corrected chi connectivity index (χ1v) is 5.46. The summed E-state index contributed by atoms with van der Waals surface area (Å²) in [5.41, 5.74) is 11.5. The topological polar surface area (TPSA) is 107 Å². The molecule has 0 radical (unpaired) electrons. The van der Waals surface area contributed by atoms with Crippen molar-refractivity contribution in [2.24, 2.45) is 5.73 Å². The van der Waals surface area contributed by atoms with Crippen LogP contribution in [0.2, 0.25) is 0 Å². The second-order valence-electron chi connectivity index (χ2n) is 4.00. The van der Waals surface area contributed by atoms with Crippen LogP contribution < -0.4 is 21.5 Å². The molecule has 0 saturated heterocycles. The lowest BCUT2D eigenvalue weighted by atomic mass is 10.1. The molecule has 18 heavy (non-hydrogen) atoms. The number of hydrogen-bond acceptors (Lipinski definition) is 4. The fourth-order valence-corrected chi connectivity index (χ4v) is 1.54. The summed E-state index contributed by atoms with van der Waals surface area (Å²) in [7, 11) is 1.50. The third kappa shape index (κ3) is 3.65. The fourth-order valence-electron chi connectivity index (χ4n) is 1.54. The second-order valence-corrected chi connectivity index (χ2v) is 4.00. The highest BCUT2D eigenvalue weighted by Gasteiger charge is 2.12. The SMILES string of the molecule is COc1ccc(C(=O)NC(C)CC(N)=O)cc1N. The largest absolute Gasteiger partial charge is 0.495 e. The van der Waals surface area contributed by atoms with Crippen molar-refractivity contribution in [2.45, 2.75) is 19.4 Å². The highest BCUT2D eigenvalue weighted by Crippen LogP contribution is 2.21. The van der Waals surface area contributed by atoms with Gasteiger partial charge in [-0.15, -0.1) is 0 Å². The molecule has 1 unspecified atom stereocenters. The van der Waals surface area contributed by atoms with Crippen molar-refractivity contribution in [3.63, 3.8) is 0 Å². The molecule has 5 N–H and O–H groups in total. The number of nitrogen functional groups attached to an aromatic ring is 1. The van der Waals surface area contributed by atoms with Crippen molar-refractivity contribution < 1.29 is 14.3 Å². The molecule has 0 aliphatic carbocycles. The molecule has 0 aliphatic rings. The summed E-state index contributed by atoms with van der Waals surface area (Å²) in [5, 5.41) is 2.66. The van der Waals surface area contributed by atoms with E-state index in [1.807, 2.05) is 0 Å². The molecule has 0 aromatic heterocycles. The maximum atomic E-state index is 11.8. The Balaban J connectivity index is 2.72. The summed E-state index contributed by atoms with van der Waals surface area (Å²) in [6.07, 6.45) is 0.0946. The standard InChI is InChI=1S/C12H17N3O3/c1-7(5-11(14)16)15-12(17)8-3-4-10(18-2)9(13)6-8/h3-4,6-7H,5,13H2,1-2H3,(H2,14,16)(H,15,17). The van der Waals surface area contributed by atoms with Gasteiger partial charge in [0.1, 0.15) is 5.75 Å². The molecule has 1 rings (SSSR count). The van der Waals surface area contributed by atoms with Crippen molar-refractivity contribution in [1.82, 2.24) is 5.32 Å². The van der Waals surface area contributed by atoms with Crippen LogP contribution in [0.5, 0.6) is 5.75 Å². The van der Waals surface area contributed by atoms with E-state index in [1.165, 1.54) is 13.2 Å². The minimum atomic E-state index is -0.461. The van der Waals surface area contributed by atoms with Gasteiger partial charge in [0.2, 0.25) is 5.91 Å². The molecule has 0 fully saturated rings. The van der Waals surface area contributed by atoms with E-state index < -0.39 is 5.91 Å². The summed E-state index contributed by atoms with van der Waals surface area (Å²) in [6.45, 7) is 1.70. The maximum absolute atomic E-state index is 11.8. The van der Waals surface area contributed by atoms with Crippen LogP contribution >= 0.6 is 0 Å². The molecule has 6 heteroatoms. The summed E-state index contributed by atoms with van der Waals surface area (Å²) in [6, 6.07) is 4.41. The number of nitrogens with one attached hydrogen (secondary N) is 1. The predicted molar refractivity (Wildman–Crippen MR) is 68.1 cm³/mol. The molecule has 0 saturated carbocycles. The highest BCUT2D eigenvalue weighted by atomic mass is 16.5. The Morgan fingerprint density at radius 2 is 2.11 bits per heavy atom. The zero-order valence-corrected chi connectivity index (χ0v) is 10.4. The number of anilines is 1. The number of rotatable bonds is 5. The molecule has 1 aromatic rings. The van der Waals surface area contributed by atoms with E-state index >= 15 is 0 Å². The van der Waals surface area contributed by atoms with E-state index in [1.54, 1.807) is 19.1 Å². The molecule has 0 aliphatic heterocycles. The Hall–Kier alpha value is -2.24. The van der Waals surface area contributed by atoms with Gasteiger partial charge < -0.3 is 21.5 Å². The van der Waals surface area contributed by atoms with Crippen molar-refractivity contribution in [2.75, 3.05) is 12.8 Å². The van der Waals surface area contributed by atoms with Crippen LogP contribution in [-0.4, -0.2) is 25.0 Å². The van der Waals surface area contributed by atoms with Gasteiger partial charge in [0.25, 0.3) is 5.91 Å². The maximum Gasteiger partial charge on any atom is 0.251 e. The third-order valence-corrected chi connectivity index (χ3v) is 2.38. The van der Waals surface area contributed by atoms with E-state index in [0.717, 1.165) is 0 Å². The van der Waals surface area contributed by atoms with Gasteiger partial charge in [0.05, 0.1) is 12.8 Å². The number of carbonyl (C=O) groups is 2. The predicted octanol–water partition coefficient (Wildman–Crippen LogP) is 0.271. The molecule has 0 spiro atoms. The number of hydrogen-bond donors (Lipinski definition) is 3. The zero-order chi connectivity index (χ0) is 13.7. The molecular weight excluding hydrogens is 234 g/mol. The number of nitrogens with two attached hydrogens (primary N) is 2. The zero-order valence-electron chi connectivity index (χ0n) is 10.4. The van der Waals surface area contributed by atoms with Crippen molar-refractivity contribution in [3.8, 4) is 5.75 Å². The summed E-state index contributed by atoms with van der Waals surface area (Å²) in [4.78, 5) is 22.5. The molecule has 0 heterocycles. The number of methoxy groups -OCH3 is 1. The Morgan fingerprint density at radius 3 is 2.61 bits per heavy atom. The van der Waals surface area contributed by atoms with Gasteiger partial charge in [0, 0.05) is 18.0 Å². The van der Waals surface area contributed by atoms with E-state index in [9.17, 15) is 9.59 Å². The van der Waals surface area contributed by atoms with Crippen LogP contribution in [0.4, 0.5) is 5.69 Å². The van der Waals surface area contributed by atoms with Crippen molar-refractivity contribution >= 4 is 17.5 Å². The number of carbonyl (C=O) groups excluding carboxylic acids is 2. The molecule has 1 atom stereocenters. The molecule has 2 amide bonds. The Kier molecular flexibility index (Phi) is 4.53. The average Bonchev–Trinajstić information content (AvgIpc) is 2.27. The highest BCUT2D eigenvalue weighted by molar-refractivity contribution is 5.95. The van der Waals surface area contributed by atoms with Crippen LogP contribution in [0.3, 0.4) is 0 Å². The smallest absolute Gasteiger partial charge is 0.251 e. The van der Waals surface area contributed by atoms with E-state index in [-0.39, 0.29) is 18.4 Å². The number of ether oxygens (including phenoxy) is 1. The summed E-state index contributed by atoms with van der Waals surface area (Å²) >= 11 is 0. The number of primary amides is 1. The van der Waals surface area contributed by atoms with Crippen LogP contribution in [0.25, 0.3) is 0 Å². The fraction of sp³-hybridized carbons (Fsp3) is 0.333. The van der Waals surface area contributed by atoms with Crippen LogP contribution in [0.15, 0.2) is 18.2 Å². The monoisotopic (exact) mass is 251 g/mol. The van der Waals surface area contributed by atoms with Crippen LogP contribution in [0, 0.1) is 0 Å². The normalized spacial score (nSPS) is 11.7. The minimum absolute atomic E-state index is 0.0946.